The van der Waals surface area contributed by atoms with Crippen LogP contribution in [0.1, 0.15) is 25.3 Å². The maximum atomic E-state index is 12.8. The molecule has 136 valence electrons. The molecule has 0 radical (unpaired) electrons. The molecule has 1 atom stereocenters. The van der Waals surface area contributed by atoms with E-state index in [0.29, 0.717) is 32.5 Å². The Morgan fingerprint density at radius 3 is 2.36 bits per heavy atom. The lowest BCUT2D eigenvalue weighted by Crippen LogP contribution is -2.61. The standard InChI is InChI=1S/C19H27N3O3/c1-16(23)22-9-5-8-19(25,15-22)18(24)21-12-10-20(11-13-21)14-17-6-3-2-4-7-17/h2-4,6-7,25H,5,8-15H2,1H3/t19-/m1/s1. The van der Waals surface area contributed by atoms with E-state index in [1.807, 2.05) is 18.2 Å². The minimum Gasteiger partial charge on any atom is -0.378 e. The average Bonchev–Trinajstić information content (AvgIpc) is 2.62. The smallest absolute Gasteiger partial charge is 0.256 e. The number of hydrogen-bond donors (Lipinski definition) is 1. The van der Waals surface area contributed by atoms with E-state index in [9.17, 15) is 14.7 Å². The second kappa shape index (κ2) is 7.54. The van der Waals surface area contributed by atoms with Crippen molar-refractivity contribution in [2.75, 3.05) is 39.3 Å². The van der Waals surface area contributed by atoms with Crippen molar-refractivity contribution in [3.8, 4) is 0 Å². The molecule has 6 heteroatoms. The summed E-state index contributed by atoms with van der Waals surface area (Å²) in [7, 11) is 0. The zero-order valence-corrected chi connectivity index (χ0v) is 14.9. The van der Waals surface area contributed by atoms with Gasteiger partial charge in [0.05, 0.1) is 6.54 Å². The Morgan fingerprint density at radius 2 is 1.72 bits per heavy atom. The van der Waals surface area contributed by atoms with Crippen LogP contribution in [0.4, 0.5) is 0 Å². The van der Waals surface area contributed by atoms with Crippen LogP contribution in [0, 0.1) is 0 Å². The number of rotatable bonds is 3. The lowest BCUT2D eigenvalue weighted by Gasteiger charge is -2.42. The van der Waals surface area contributed by atoms with E-state index in [1.54, 1.807) is 9.80 Å². The van der Waals surface area contributed by atoms with Crippen molar-refractivity contribution >= 4 is 11.8 Å². The Bertz CT molecular complexity index is 614. The molecule has 2 fully saturated rings. The van der Waals surface area contributed by atoms with Gasteiger partial charge in [-0.15, -0.1) is 0 Å². The summed E-state index contributed by atoms with van der Waals surface area (Å²) in [5.41, 5.74) is -0.156. The number of nitrogens with zero attached hydrogens (tertiary/aromatic N) is 3. The fourth-order valence-corrected chi connectivity index (χ4v) is 3.72. The molecular weight excluding hydrogens is 318 g/mol. The molecule has 2 heterocycles. The van der Waals surface area contributed by atoms with E-state index < -0.39 is 5.60 Å². The number of carbonyl (C=O) groups is 2. The molecule has 2 aliphatic rings. The molecule has 0 saturated carbocycles. The third-order valence-corrected chi connectivity index (χ3v) is 5.22. The number of likely N-dealkylation sites (tertiary alicyclic amines) is 1. The number of β-amino-alcohol motifs (C(OH)–C–C–N with tert-alkyl or cyclic N) is 1. The molecule has 0 aromatic heterocycles. The van der Waals surface area contributed by atoms with Gasteiger partial charge < -0.3 is 14.9 Å². The van der Waals surface area contributed by atoms with Crippen LogP contribution in [0.3, 0.4) is 0 Å². The predicted octanol–water partition coefficient (Wildman–Crippen LogP) is 0.704. The van der Waals surface area contributed by atoms with E-state index in [0.717, 1.165) is 19.6 Å². The summed E-state index contributed by atoms with van der Waals surface area (Å²) >= 11 is 0. The number of carbonyl (C=O) groups excluding carboxylic acids is 2. The van der Waals surface area contributed by atoms with Gasteiger partial charge in [-0.25, -0.2) is 0 Å². The van der Waals surface area contributed by atoms with Crippen LogP contribution in [0.2, 0.25) is 0 Å². The quantitative estimate of drug-likeness (QED) is 0.876. The summed E-state index contributed by atoms with van der Waals surface area (Å²) < 4.78 is 0. The maximum absolute atomic E-state index is 12.8. The van der Waals surface area contributed by atoms with Crippen molar-refractivity contribution in [1.29, 1.82) is 0 Å². The molecule has 0 unspecified atom stereocenters. The first-order chi connectivity index (χ1) is 12.0. The molecule has 0 bridgehead atoms. The first kappa shape index (κ1) is 17.9. The molecule has 1 N–H and O–H groups in total. The van der Waals surface area contributed by atoms with Crippen LogP contribution in [-0.2, 0) is 16.1 Å². The Kier molecular flexibility index (Phi) is 5.39. The molecule has 0 spiro atoms. The number of amides is 2. The lowest BCUT2D eigenvalue weighted by atomic mass is 9.91. The molecule has 2 aliphatic heterocycles. The maximum Gasteiger partial charge on any atom is 0.256 e. The number of piperidine rings is 1. The summed E-state index contributed by atoms with van der Waals surface area (Å²) in [5.74, 6) is -0.309. The molecule has 2 amide bonds. The molecular formula is C19H27N3O3. The van der Waals surface area contributed by atoms with Crippen LogP contribution >= 0.6 is 0 Å². The second-order valence-electron chi connectivity index (χ2n) is 7.13. The lowest BCUT2D eigenvalue weighted by molar-refractivity contribution is -0.161. The van der Waals surface area contributed by atoms with Gasteiger partial charge in [0.2, 0.25) is 5.91 Å². The van der Waals surface area contributed by atoms with Gasteiger partial charge in [-0.1, -0.05) is 30.3 Å². The van der Waals surface area contributed by atoms with Gasteiger partial charge in [-0.2, -0.15) is 0 Å². The largest absolute Gasteiger partial charge is 0.378 e. The minimum absolute atomic E-state index is 0.0846. The summed E-state index contributed by atoms with van der Waals surface area (Å²) in [6.07, 6.45) is 1.09. The first-order valence-electron chi connectivity index (χ1n) is 9.01. The van der Waals surface area contributed by atoms with E-state index in [4.69, 9.17) is 0 Å². The van der Waals surface area contributed by atoms with E-state index in [2.05, 4.69) is 17.0 Å². The Balaban J connectivity index is 1.55. The SMILES string of the molecule is CC(=O)N1CCC[C@](O)(C(=O)N2CCN(Cc3ccccc3)CC2)C1. The Morgan fingerprint density at radius 1 is 1.04 bits per heavy atom. The number of aliphatic hydroxyl groups is 1. The van der Waals surface area contributed by atoms with Gasteiger partial charge in [-0.05, 0) is 18.4 Å². The zero-order valence-electron chi connectivity index (χ0n) is 14.9. The predicted molar refractivity (Wildman–Crippen MR) is 94.7 cm³/mol. The molecule has 1 aromatic rings. The van der Waals surface area contributed by atoms with Crippen LogP contribution in [-0.4, -0.2) is 76.5 Å². The van der Waals surface area contributed by atoms with Crippen LogP contribution in [0.15, 0.2) is 30.3 Å². The zero-order chi connectivity index (χ0) is 17.9. The highest BCUT2D eigenvalue weighted by molar-refractivity contribution is 5.86. The summed E-state index contributed by atoms with van der Waals surface area (Å²) in [5, 5.41) is 10.8. The number of hydrogen-bond acceptors (Lipinski definition) is 4. The highest BCUT2D eigenvalue weighted by Crippen LogP contribution is 2.24. The fraction of sp³-hybridized carbons (Fsp3) is 0.579. The van der Waals surface area contributed by atoms with Gasteiger partial charge in [-0.3, -0.25) is 14.5 Å². The van der Waals surface area contributed by atoms with E-state index in [1.165, 1.54) is 12.5 Å². The van der Waals surface area contributed by atoms with Crippen molar-refractivity contribution in [3.05, 3.63) is 35.9 Å². The van der Waals surface area contributed by atoms with Gasteiger partial charge in [0.15, 0.2) is 5.60 Å². The molecule has 1 aromatic carbocycles. The van der Waals surface area contributed by atoms with Crippen molar-refractivity contribution in [3.63, 3.8) is 0 Å². The number of benzene rings is 1. The molecule has 3 rings (SSSR count). The summed E-state index contributed by atoms with van der Waals surface area (Å²) in [6, 6.07) is 10.3. The van der Waals surface area contributed by atoms with Gasteiger partial charge in [0.1, 0.15) is 0 Å². The van der Waals surface area contributed by atoms with Gasteiger partial charge in [0, 0.05) is 46.2 Å². The monoisotopic (exact) mass is 345 g/mol. The summed E-state index contributed by atoms with van der Waals surface area (Å²) in [4.78, 5) is 30.1. The Hall–Kier alpha value is -1.92. The van der Waals surface area contributed by atoms with Gasteiger partial charge >= 0.3 is 0 Å². The molecule has 25 heavy (non-hydrogen) atoms. The third kappa shape index (κ3) is 4.19. The van der Waals surface area contributed by atoms with E-state index >= 15 is 0 Å². The molecule has 2 saturated heterocycles. The van der Waals surface area contributed by atoms with Gasteiger partial charge in [0.25, 0.3) is 5.91 Å². The topological polar surface area (TPSA) is 64.1 Å². The van der Waals surface area contributed by atoms with E-state index in [-0.39, 0.29) is 18.4 Å². The van der Waals surface area contributed by atoms with Crippen LogP contribution < -0.4 is 0 Å². The van der Waals surface area contributed by atoms with Crippen molar-refractivity contribution in [1.82, 2.24) is 14.7 Å². The normalized spacial score (nSPS) is 25.0. The second-order valence-corrected chi connectivity index (χ2v) is 7.13. The van der Waals surface area contributed by atoms with Crippen molar-refractivity contribution < 1.29 is 14.7 Å². The van der Waals surface area contributed by atoms with Crippen molar-refractivity contribution in [2.45, 2.75) is 31.9 Å². The Labute approximate surface area is 149 Å². The molecule has 0 aliphatic carbocycles. The first-order valence-corrected chi connectivity index (χ1v) is 9.01. The van der Waals surface area contributed by atoms with Crippen LogP contribution in [0.5, 0.6) is 0 Å². The van der Waals surface area contributed by atoms with Crippen LogP contribution in [0.25, 0.3) is 0 Å². The average molecular weight is 345 g/mol. The third-order valence-electron chi connectivity index (χ3n) is 5.22. The minimum atomic E-state index is -1.43. The van der Waals surface area contributed by atoms with Crippen molar-refractivity contribution in [2.24, 2.45) is 0 Å². The summed E-state index contributed by atoms with van der Waals surface area (Å²) in [6.45, 7) is 5.94. The molecule has 6 nitrogen and oxygen atoms in total. The fourth-order valence-electron chi connectivity index (χ4n) is 3.72. The highest BCUT2D eigenvalue weighted by atomic mass is 16.3. The highest BCUT2D eigenvalue weighted by Gasteiger charge is 2.43. The number of piperazine rings is 1.